The van der Waals surface area contributed by atoms with Gasteiger partial charge in [-0.2, -0.15) is 5.26 Å². The summed E-state index contributed by atoms with van der Waals surface area (Å²) in [4.78, 5) is 33.8. The van der Waals surface area contributed by atoms with E-state index < -0.39 is 26.6 Å². The number of morpholine rings is 1. The molecule has 0 unspecified atom stereocenters. The van der Waals surface area contributed by atoms with Crippen LogP contribution < -0.4 is 10.2 Å². The van der Waals surface area contributed by atoms with Crippen molar-refractivity contribution in [3.05, 3.63) is 72.1 Å². The van der Waals surface area contributed by atoms with E-state index in [2.05, 4.69) is 32.7 Å². The average molecular weight is 777 g/mol. The number of benzene rings is 2. The van der Waals surface area contributed by atoms with E-state index in [4.69, 9.17) is 9.47 Å². The maximum Gasteiger partial charge on any atom is 0.407 e. The van der Waals surface area contributed by atoms with Gasteiger partial charge in [-0.3, -0.25) is 9.69 Å². The highest BCUT2D eigenvalue weighted by Gasteiger charge is 2.53. The van der Waals surface area contributed by atoms with E-state index in [1.165, 1.54) is 19.2 Å². The summed E-state index contributed by atoms with van der Waals surface area (Å²) < 4.78 is 51.7. The van der Waals surface area contributed by atoms with Crippen LogP contribution in [0.2, 0.25) is 0 Å². The quantitative estimate of drug-likeness (QED) is 0.317. The molecule has 3 atom stereocenters. The summed E-state index contributed by atoms with van der Waals surface area (Å²) in [6, 6.07) is 16.0. The van der Waals surface area contributed by atoms with Crippen molar-refractivity contribution in [1.82, 2.24) is 20.0 Å². The number of anilines is 1. The molecule has 55 heavy (non-hydrogen) atoms. The number of methoxy groups -OCH3 is 1. The summed E-state index contributed by atoms with van der Waals surface area (Å²) in [5, 5.41) is 13.3. The number of piperidine rings is 1. The zero-order chi connectivity index (χ0) is 38.7. The van der Waals surface area contributed by atoms with Crippen LogP contribution in [0.4, 0.5) is 14.9 Å². The Morgan fingerprint density at radius 2 is 1.71 bits per heavy atom. The molecule has 4 heterocycles. The maximum atomic E-state index is 14.6. The van der Waals surface area contributed by atoms with Crippen LogP contribution in [0.25, 0.3) is 0 Å². The molecule has 1 aliphatic carbocycles. The molecular formula is C41H53FN6O6S. The fraction of sp³-hybridized carbons (Fsp3) is 0.585. The van der Waals surface area contributed by atoms with Crippen LogP contribution in [-0.4, -0.2) is 132 Å². The standard InChI is InChI=1S/C41H53FN6O6S/c1-29(22-46-17-19-54-20-18-46)39(49)48-26-36(27-48)55(51,52)35-11-9-34(10-12-35)47-24-30(25-47)23-45-15-13-31(14-16-45)41(28-43,32-5-3-6-33(42)21-32)37-7-4-8-38(37)44-40(50)53-2/h3,5-6,9-12,21,30-31,36-38H,1,4,7-8,13-20,22-27H2,2H3,(H,44,50)/t37-,38-,41-/m0/s1. The minimum atomic E-state index is -3.57. The highest BCUT2D eigenvalue weighted by molar-refractivity contribution is 7.92. The molecule has 12 nitrogen and oxygen atoms in total. The Morgan fingerprint density at radius 3 is 2.36 bits per heavy atom. The number of amides is 2. The van der Waals surface area contributed by atoms with Crippen LogP contribution >= 0.6 is 0 Å². The Labute approximate surface area is 324 Å². The van der Waals surface area contributed by atoms with E-state index >= 15 is 0 Å². The molecule has 296 valence electrons. The Bertz CT molecular complexity index is 1860. The van der Waals surface area contributed by atoms with Crippen molar-refractivity contribution in [2.75, 3.05) is 90.7 Å². The minimum absolute atomic E-state index is 0.0107. The normalized spacial score (nSPS) is 24.3. The zero-order valence-electron chi connectivity index (χ0n) is 31.7. The van der Waals surface area contributed by atoms with Gasteiger partial charge in [0.2, 0.25) is 0 Å². The molecule has 0 radical (unpaired) electrons. The van der Waals surface area contributed by atoms with Gasteiger partial charge in [-0.1, -0.05) is 25.1 Å². The third-order valence-corrected chi connectivity index (χ3v) is 14.8. The number of nitrogens with zero attached hydrogens (tertiary/aromatic N) is 5. The van der Waals surface area contributed by atoms with Gasteiger partial charge < -0.3 is 29.5 Å². The Balaban J connectivity index is 0.897. The van der Waals surface area contributed by atoms with Crippen molar-refractivity contribution in [3.63, 3.8) is 0 Å². The first-order valence-electron chi connectivity index (χ1n) is 19.6. The lowest BCUT2D eigenvalue weighted by molar-refractivity contribution is -0.130. The van der Waals surface area contributed by atoms with Gasteiger partial charge in [-0.15, -0.1) is 0 Å². The molecule has 5 aliphatic rings. The zero-order valence-corrected chi connectivity index (χ0v) is 32.5. The molecule has 4 saturated heterocycles. The van der Waals surface area contributed by atoms with E-state index in [1.54, 1.807) is 23.1 Å². The first kappa shape index (κ1) is 39.2. The first-order chi connectivity index (χ1) is 26.5. The highest BCUT2D eigenvalue weighted by Crippen LogP contribution is 2.50. The number of sulfone groups is 1. The lowest BCUT2D eigenvalue weighted by Crippen LogP contribution is -2.57. The summed E-state index contributed by atoms with van der Waals surface area (Å²) in [5.74, 6) is -0.228. The van der Waals surface area contributed by atoms with Crippen LogP contribution in [0.15, 0.2) is 65.6 Å². The van der Waals surface area contributed by atoms with Crippen molar-refractivity contribution < 1.29 is 31.9 Å². The molecule has 2 aromatic rings. The second-order valence-corrected chi connectivity index (χ2v) is 18.2. The number of likely N-dealkylation sites (tertiary alicyclic amines) is 2. The van der Waals surface area contributed by atoms with Crippen molar-refractivity contribution in [1.29, 1.82) is 5.26 Å². The molecule has 0 spiro atoms. The molecule has 7 rings (SSSR count). The van der Waals surface area contributed by atoms with E-state index in [0.717, 1.165) is 83.6 Å². The number of nitriles is 1. The number of hydrogen-bond acceptors (Lipinski definition) is 10. The molecule has 5 fully saturated rings. The number of carbonyl (C=O) groups excluding carboxylic acids is 2. The Morgan fingerprint density at radius 1 is 1.00 bits per heavy atom. The van der Waals surface area contributed by atoms with Crippen molar-refractivity contribution >= 4 is 27.5 Å². The Kier molecular flexibility index (Phi) is 11.8. The smallest absolute Gasteiger partial charge is 0.407 e. The van der Waals surface area contributed by atoms with Gasteiger partial charge in [0, 0.05) is 81.5 Å². The van der Waals surface area contributed by atoms with Gasteiger partial charge in [-0.05, 0) is 86.7 Å². The molecule has 1 saturated carbocycles. The van der Waals surface area contributed by atoms with Crippen LogP contribution in [0.1, 0.15) is 37.7 Å². The molecule has 4 aliphatic heterocycles. The SMILES string of the molecule is C=C(CN1CCOCC1)C(=O)N1CC(S(=O)(=O)c2ccc(N3CC(CN4CCC([C@@](C#N)(c5cccc(F)c5)[C@H]5CCC[C@@H]5NC(=O)OC)CC4)C3)cc2)C1. The van der Waals surface area contributed by atoms with Gasteiger partial charge in [0.05, 0.1) is 36.7 Å². The van der Waals surface area contributed by atoms with E-state index in [0.29, 0.717) is 36.8 Å². The van der Waals surface area contributed by atoms with E-state index in [1.807, 2.05) is 18.2 Å². The fourth-order valence-corrected chi connectivity index (χ4v) is 11.3. The van der Waals surface area contributed by atoms with Crippen molar-refractivity contribution in [2.24, 2.45) is 17.8 Å². The second-order valence-electron chi connectivity index (χ2n) is 16.0. The largest absolute Gasteiger partial charge is 0.453 e. The minimum Gasteiger partial charge on any atom is -0.453 e. The molecule has 2 amide bonds. The number of carbonyl (C=O) groups is 2. The van der Waals surface area contributed by atoms with E-state index in [9.17, 15) is 27.7 Å². The van der Waals surface area contributed by atoms with Gasteiger partial charge in [0.25, 0.3) is 5.91 Å². The van der Waals surface area contributed by atoms with Crippen molar-refractivity contribution in [3.8, 4) is 6.07 Å². The molecule has 0 bridgehead atoms. The van der Waals surface area contributed by atoms with Crippen molar-refractivity contribution in [2.45, 2.75) is 53.7 Å². The summed E-state index contributed by atoms with van der Waals surface area (Å²) in [6.07, 6.45) is 3.49. The lowest BCUT2D eigenvalue weighted by atomic mass is 9.59. The summed E-state index contributed by atoms with van der Waals surface area (Å²) in [5.41, 5.74) is 1.22. The number of alkyl carbamates (subject to hydrolysis) is 1. The monoisotopic (exact) mass is 776 g/mol. The van der Waals surface area contributed by atoms with Gasteiger partial charge in [0.15, 0.2) is 9.84 Å². The summed E-state index contributed by atoms with van der Waals surface area (Å²) in [6.45, 7) is 11.9. The molecule has 0 aromatic heterocycles. The van der Waals surface area contributed by atoms with Gasteiger partial charge in [-0.25, -0.2) is 17.6 Å². The van der Waals surface area contributed by atoms with Crippen LogP contribution in [0, 0.1) is 34.9 Å². The number of rotatable bonds is 12. The van der Waals surface area contributed by atoms with Gasteiger partial charge >= 0.3 is 6.09 Å². The topological polar surface area (TPSA) is 136 Å². The van der Waals surface area contributed by atoms with Crippen LogP contribution in [0.3, 0.4) is 0 Å². The summed E-state index contributed by atoms with van der Waals surface area (Å²) in [7, 11) is -2.23. The van der Waals surface area contributed by atoms with Crippen LogP contribution in [0.5, 0.6) is 0 Å². The molecule has 1 N–H and O–H groups in total. The fourth-order valence-electron chi connectivity index (χ4n) is 9.62. The second kappa shape index (κ2) is 16.6. The lowest BCUT2D eigenvalue weighted by Gasteiger charge is -2.48. The average Bonchev–Trinajstić information content (AvgIpc) is 3.61. The number of hydrogen-bond donors (Lipinski definition) is 1. The molecular weight excluding hydrogens is 724 g/mol. The highest BCUT2D eigenvalue weighted by atomic mass is 32.2. The predicted octanol–water partition coefficient (Wildman–Crippen LogP) is 3.83. The number of ether oxygens (including phenoxy) is 2. The Hall–Kier alpha value is -4.03. The predicted molar refractivity (Wildman–Crippen MR) is 206 cm³/mol. The van der Waals surface area contributed by atoms with Crippen LogP contribution in [-0.2, 0) is 29.5 Å². The molecule has 14 heteroatoms. The number of halogens is 1. The van der Waals surface area contributed by atoms with E-state index in [-0.39, 0.29) is 47.6 Å². The summed E-state index contributed by atoms with van der Waals surface area (Å²) >= 11 is 0. The maximum absolute atomic E-state index is 14.6. The number of nitrogens with one attached hydrogen (secondary N) is 1. The first-order valence-corrected chi connectivity index (χ1v) is 21.2. The third kappa shape index (κ3) is 8.12. The molecule has 2 aromatic carbocycles. The van der Waals surface area contributed by atoms with Gasteiger partial charge in [0.1, 0.15) is 11.1 Å². The third-order valence-electron chi connectivity index (χ3n) is 12.7.